The van der Waals surface area contributed by atoms with Crippen molar-refractivity contribution in [2.75, 3.05) is 6.61 Å². The van der Waals surface area contributed by atoms with Crippen molar-refractivity contribution in [3.8, 4) is 0 Å². The molecule has 0 bridgehead atoms. The lowest BCUT2D eigenvalue weighted by atomic mass is 9.95. The molecule has 2 N–H and O–H groups in total. The van der Waals surface area contributed by atoms with Crippen LogP contribution in [0.1, 0.15) is 39.3 Å². The minimum absolute atomic E-state index is 0.0115. The second-order valence-electron chi connectivity index (χ2n) is 4.09. The lowest BCUT2D eigenvalue weighted by Gasteiger charge is -2.17. The molecule has 2 rings (SSSR count). The molecule has 7 heteroatoms. The number of fused-ring (bicyclic) bond motifs is 1. The summed E-state index contributed by atoms with van der Waals surface area (Å²) in [4.78, 5) is 34.3. The first-order valence-corrected chi connectivity index (χ1v) is 5.89. The minimum atomic E-state index is -1.86. The molecule has 1 aromatic rings. The van der Waals surface area contributed by atoms with Gasteiger partial charge in [-0.15, -0.1) is 0 Å². The molecule has 0 amide bonds. The number of cyclic esters (lactones) is 2. The Morgan fingerprint density at radius 3 is 2.65 bits per heavy atom. The third-order valence-corrected chi connectivity index (χ3v) is 2.85. The summed E-state index contributed by atoms with van der Waals surface area (Å²) < 4.78 is 9.01. The Morgan fingerprint density at radius 1 is 1.30 bits per heavy atom. The summed E-state index contributed by atoms with van der Waals surface area (Å²) in [5, 5.41) is 19.7. The van der Waals surface area contributed by atoms with E-state index >= 15 is 0 Å². The number of aliphatic hydroxyl groups is 2. The molecule has 0 spiro atoms. The number of rotatable bonds is 4. The number of carbonyl (C=O) groups is 3. The maximum Gasteiger partial charge on any atom is 0.347 e. The lowest BCUT2D eigenvalue weighted by molar-refractivity contribution is -0.159. The highest BCUT2D eigenvalue weighted by Gasteiger charge is 2.37. The van der Waals surface area contributed by atoms with E-state index in [2.05, 4.69) is 9.47 Å². The Morgan fingerprint density at radius 2 is 2.00 bits per heavy atom. The number of aliphatic hydroxyl groups excluding tert-OH is 2. The fourth-order valence-corrected chi connectivity index (χ4v) is 1.93. The number of hydrogen-bond donors (Lipinski definition) is 2. The molecule has 7 nitrogen and oxygen atoms in total. The number of benzene rings is 1. The molecular formula is C13H12O7. The van der Waals surface area contributed by atoms with Crippen LogP contribution in [0, 0.1) is 0 Å². The van der Waals surface area contributed by atoms with Gasteiger partial charge in [-0.1, -0.05) is 12.1 Å². The summed E-state index contributed by atoms with van der Waals surface area (Å²) in [7, 11) is 0. The molecule has 1 aliphatic rings. The molecule has 0 aromatic heterocycles. The van der Waals surface area contributed by atoms with E-state index in [1.165, 1.54) is 18.2 Å². The van der Waals surface area contributed by atoms with Crippen molar-refractivity contribution < 1.29 is 34.1 Å². The molecule has 0 fully saturated rings. The first-order chi connectivity index (χ1) is 9.47. The van der Waals surface area contributed by atoms with Gasteiger partial charge >= 0.3 is 17.9 Å². The topological polar surface area (TPSA) is 110 Å². The first-order valence-electron chi connectivity index (χ1n) is 5.89. The predicted molar refractivity (Wildman–Crippen MR) is 63.8 cm³/mol. The van der Waals surface area contributed by atoms with E-state index in [0.717, 1.165) is 0 Å². The van der Waals surface area contributed by atoms with Gasteiger partial charge in [0.2, 0.25) is 0 Å². The van der Waals surface area contributed by atoms with E-state index in [1.807, 2.05) is 0 Å². The maximum absolute atomic E-state index is 11.6. The molecule has 0 radical (unpaired) electrons. The van der Waals surface area contributed by atoms with Gasteiger partial charge in [0.05, 0.1) is 17.7 Å². The summed E-state index contributed by atoms with van der Waals surface area (Å²) in [6.45, 7) is 1.59. The number of esters is 3. The van der Waals surface area contributed by atoms with Gasteiger partial charge in [0.1, 0.15) is 6.10 Å². The van der Waals surface area contributed by atoms with Crippen LogP contribution in [-0.2, 0) is 14.3 Å². The van der Waals surface area contributed by atoms with Crippen LogP contribution < -0.4 is 0 Å². The highest BCUT2D eigenvalue weighted by atomic mass is 16.6. The molecule has 1 aliphatic heterocycles. The van der Waals surface area contributed by atoms with Gasteiger partial charge in [0.25, 0.3) is 0 Å². The molecule has 1 aromatic carbocycles. The van der Waals surface area contributed by atoms with Gasteiger partial charge in [-0.05, 0) is 18.6 Å². The van der Waals surface area contributed by atoms with E-state index in [9.17, 15) is 24.6 Å². The molecule has 0 aliphatic carbocycles. The Hall–Kier alpha value is -2.25. The maximum atomic E-state index is 11.6. The normalized spacial score (nSPS) is 16.4. The number of carbonyl (C=O) groups excluding carboxylic acids is 3. The second-order valence-corrected chi connectivity index (χ2v) is 4.09. The van der Waals surface area contributed by atoms with Crippen molar-refractivity contribution in [1.82, 2.24) is 0 Å². The predicted octanol–water partition coefficient (Wildman–Crippen LogP) is -0.0454. The van der Waals surface area contributed by atoms with Crippen molar-refractivity contribution in [2.45, 2.75) is 19.1 Å². The van der Waals surface area contributed by atoms with Crippen LogP contribution in [0.4, 0.5) is 0 Å². The van der Waals surface area contributed by atoms with Gasteiger partial charge in [-0.25, -0.2) is 14.4 Å². The van der Waals surface area contributed by atoms with E-state index in [0.29, 0.717) is 0 Å². The SMILES string of the molecule is CCOC(=O)C(O)C(O)c1cccc2c1C(=O)OC2=O. The smallest absolute Gasteiger partial charge is 0.347 e. The van der Waals surface area contributed by atoms with E-state index in [4.69, 9.17) is 0 Å². The monoisotopic (exact) mass is 280 g/mol. The largest absolute Gasteiger partial charge is 0.464 e. The Labute approximate surface area is 113 Å². The van der Waals surface area contributed by atoms with E-state index < -0.39 is 30.1 Å². The minimum Gasteiger partial charge on any atom is -0.464 e. The zero-order chi connectivity index (χ0) is 14.9. The molecule has 20 heavy (non-hydrogen) atoms. The van der Waals surface area contributed by atoms with Crippen LogP contribution in [0.3, 0.4) is 0 Å². The van der Waals surface area contributed by atoms with Gasteiger partial charge < -0.3 is 19.7 Å². The van der Waals surface area contributed by atoms with Crippen LogP contribution in [-0.4, -0.2) is 40.8 Å². The van der Waals surface area contributed by atoms with Gasteiger partial charge in [0.15, 0.2) is 6.10 Å². The molecule has 0 saturated carbocycles. The fourth-order valence-electron chi connectivity index (χ4n) is 1.93. The molecule has 1 heterocycles. The highest BCUT2D eigenvalue weighted by molar-refractivity contribution is 6.15. The van der Waals surface area contributed by atoms with E-state index in [-0.39, 0.29) is 23.3 Å². The summed E-state index contributed by atoms with van der Waals surface area (Å²) in [5.41, 5.74) is -0.213. The van der Waals surface area contributed by atoms with Gasteiger partial charge in [-0.3, -0.25) is 0 Å². The van der Waals surface area contributed by atoms with Crippen LogP contribution in [0.5, 0.6) is 0 Å². The average Bonchev–Trinajstić information content (AvgIpc) is 2.73. The number of ether oxygens (including phenoxy) is 2. The van der Waals surface area contributed by atoms with Crippen molar-refractivity contribution in [3.05, 3.63) is 34.9 Å². The summed E-state index contributed by atoms with van der Waals surface area (Å²) >= 11 is 0. The third kappa shape index (κ3) is 2.28. The summed E-state index contributed by atoms with van der Waals surface area (Å²) in [5.74, 6) is -2.77. The van der Waals surface area contributed by atoms with Crippen LogP contribution >= 0.6 is 0 Å². The quantitative estimate of drug-likeness (QED) is 0.588. The van der Waals surface area contributed by atoms with Crippen molar-refractivity contribution in [2.24, 2.45) is 0 Å². The van der Waals surface area contributed by atoms with Crippen molar-refractivity contribution >= 4 is 17.9 Å². The fraction of sp³-hybridized carbons (Fsp3) is 0.308. The average molecular weight is 280 g/mol. The van der Waals surface area contributed by atoms with Crippen LogP contribution in [0.15, 0.2) is 18.2 Å². The lowest BCUT2D eigenvalue weighted by Crippen LogP contribution is -2.30. The third-order valence-electron chi connectivity index (χ3n) is 2.85. The van der Waals surface area contributed by atoms with Crippen molar-refractivity contribution in [1.29, 1.82) is 0 Å². The second kappa shape index (κ2) is 5.40. The Kier molecular flexibility index (Phi) is 3.82. The van der Waals surface area contributed by atoms with Crippen molar-refractivity contribution in [3.63, 3.8) is 0 Å². The van der Waals surface area contributed by atoms with Gasteiger partial charge in [0, 0.05) is 0 Å². The van der Waals surface area contributed by atoms with Crippen LogP contribution in [0.25, 0.3) is 0 Å². The molecule has 0 saturated heterocycles. The Balaban J connectivity index is 2.37. The van der Waals surface area contributed by atoms with Crippen LogP contribution in [0.2, 0.25) is 0 Å². The zero-order valence-electron chi connectivity index (χ0n) is 10.5. The number of hydrogen-bond acceptors (Lipinski definition) is 7. The zero-order valence-corrected chi connectivity index (χ0v) is 10.5. The van der Waals surface area contributed by atoms with E-state index in [1.54, 1.807) is 6.92 Å². The Bertz CT molecular complexity index is 578. The summed E-state index contributed by atoms with van der Waals surface area (Å²) in [6.07, 6.45) is -3.55. The highest BCUT2D eigenvalue weighted by Crippen LogP contribution is 2.29. The van der Waals surface area contributed by atoms with Gasteiger partial charge in [-0.2, -0.15) is 0 Å². The summed E-state index contributed by atoms with van der Waals surface area (Å²) in [6, 6.07) is 4.09. The first kappa shape index (κ1) is 14.2. The molecule has 106 valence electrons. The molecule has 2 atom stereocenters. The standard InChI is InChI=1S/C13H12O7/c1-2-19-13(18)10(15)9(14)6-4-3-5-7-8(6)12(17)20-11(7)16/h3-5,9-10,14-15H,2H2,1H3. The molecule has 2 unspecified atom stereocenters. The molecular weight excluding hydrogens is 268 g/mol.